The molecule has 5 nitrogen and oxygen atoms in total. The number of fused-ring (bicyclic) bond motifs is 1. The molecule has 0 bridgehead atoms. The summed E-state index contributed by atoms with van der Waals surface area (Å²) in [5.74, 6) is 0.556. The number of nitrogens with zero attached hydrogens (tertiary/aromatic N) is 3. The molecule has 0 aliphatic heterocycles. The van der Waals surface area contributed by atoms with Gasteiger partial charge in [0.05, 0.1) is 19.0 Å². The Hall–Kier alpha value is -1.62. The van der Waals surface area contributed by atoms with Gasteiger partial charge in [0.15, 0.2) is 5.65 Å². The zero-order valence-electron chi connectivity index (χ0n) is 7.27. The maximum atomic E-state index is 5.51. The van der Waals surface area contributed by atoms with Gasteiger partial charge in [0, 0.05) is 12.6 Å². The van der Waals surface area contributed by atoms with Crippen LogP contribution in [0.2, 0.25) is 0 Å². The third-order valence-electron chi connectivity index (χ3n) is 1.83. The summed E-state index contributed by atoms with van der Waals surface area (Å²) >= 11 is 0. The summed E-state index contributed by atoms with van der Waals surface area (Å²) in [7, 11) is 1.58. The van der Waals surface area contributed by atoms with E-state index in [0.717, 1.165) is 11.3 Å². The molecule has 0 spiro atoms. The largest absolute Gasteiger partial charge is 0.480 e. The van der Waals surface area contributed by atoms with Gasteiger partial charge in [-0.25, -0.2) is 9.50 Å². The number of nitrogens with two attached hydrogens (primary N) is 1. The molecule has 2 aromatic heterocycles. The monoisotopic (exact) mass is 178 g/mol. The lowest BCUT2D eigenvalue weighted by molar-refractivity contribution is 0.389. The van der Waals surface area contributed by atoms with Crippen LogP contribution in [-0.2, 0) is 6.54 Å². The molecule has 0 fully saturated rings. The van der Waals surface area contributed by atoms with Crippen LogP contribution in [0.15, 0.2) is 18.3 Å². The normalized spacial score (nSPS) is 10.6. The number of imidazole rings is 1. The van der Waals surface area contributed by atoms with Gasteiger partial charge in [-0.05, 0) is 6.07 Å². The van der Waals surface area contributed by atoms with Crippen LogP contribution in [0.4, 0.5) is 0 Å². The second-order valence-electron chi connectivity index (χ2n) is 2.60. The van der Waals surface area contributed by atoms with E-state index in [-0.39, 0.29) is 0 Å². The lowest BCUT2D eigenvalue weighted by Crippen LogP contribution is -2.04. The fraction of sp³-hybridized carbons (Fsp3) is 0.250. The van der Waals surface area contributed by atoms with E-state index in [1.807, 2.05) is 6.07 Å². The smallest absolute Gasteiger partial charge is 0.231 e. The standard InChI is InChI=1S/C8H10N4O/c1-13-8-3-2-7-10-5-6(4-9)12(7)11-8/h2-3,5H,4,9H2,1H3. The molecule has 0 saturated heterocycles. The fourth-order valence-corrected chi connectivity index (χ4v) is 1.15. The molecule has 68 valence electrons. The van der Waals surface area contributed by atoms with Crippen molar-refractivity contribution < 1.29 is 4.74 Å². The van der Waals surface area contributed by atoms with E-state index in [1.165, 1.54) is 0 Å². The molecular weight excluding hydrogens is 168 g/mol. The molecule has 0 unspecified atom stereocenters. The van der Waals surface area contributed by atoms with Gasteiger partial charge >= 0.3 is 0 Å². The van der Waals surface area contributed by atoms with Crippen molar-refractivity contribution in [1.29, 1.82) is 0 Å². The third kappa shape index (κ3) is 1.23. The Kier molecular flexibility index (Phi) is 1.86. The summed E-state index contributed by atoms with van der Waals surface area (Å²) in [5, 5.41) is 4.18. The Morgan fingerprint density at radius 3 is 3.08 bits per heavy atom. The molecule has 13 heavy (non-hydrogen) atoms. The molecule has 0 aromatic carbocycles. The molecule has 2 rings (SSSR count). The van der Waals surface area contributed by atoms with Crippen LogP contribution in [0.1, 0.15) is 5.69 Å². The summed E-state index contributed by atoms with van der Waals surface area (Å²) in [5.41, 5.74) is 7.16. The van der Waals surface area contributed by atoms with Crippen molar-refractivity contribution in [3.8, 4) is 5.88 Å². The first-order valence-corrected chi connectivity index (χ1v) is 3.93. The molecule has 2 aromatic rings. The maximum absolute atomic E-state index is 5.51. The Morgan fingerprint density at radius 1 is 1.54 bits per heavy atom. The van der Waals surface area contributed by atoms with Crippen molar-refractivity contribution in [3.63, 3.8) is 0 Å². The lowest BCUT2D eigenvalue weighted by atomic mass is 10.5. The van der Waals surface area contributed by atoms with Crippen molar-refractivity contribution in [3.05, 3.63) is 24.0 Å². The van der Waals surface area contributed by atoms with Crippen LogP contribution in [0.3, 0.4) is 0 Å². The molecule has 0 amide bonds. The van der Waals surface area contributed by atoms with Crippen LogP contribution in [0, 0.1) is 0 Å². The summed E-state index contributed by atoms with van der Waals surface area (Å²) < 4.78 is 6.67. The highest BCUT2D eigenvalue weighted by Crippen LogP contribution is 2.09. The molecule has 5 heteroatoms. The Morgan fingerprint density at radius 2 is 2.38 bits per heavy atom. The number of hydrogen-bond acceptors (Lipinski definition) is 4. The van der Waals surface area contributed by atoms with E-state index in [1.54, 1.807) is 23.9 Å². The summed E-state index contributed by atoms with van der Waals surface area (Å²) in [4.78, 5) is 4.13. The molecule has 0 radical (unpaired) electrons. The minimum Gasteiger partial charge on any atom is -0.480 e. The minimum atomic E-state index is 0.418. The Balaban J connectivity index is 2.64. The van der Waals surface area contributed by atoms with E-state index in [0.29, 0.717) is 12.4 Å². The van der Waals surface area contributed by atoms with Gasteiger partial charge in [-0.3, -0.25) is 0 Å². The van der Waals surface area contributed by atoms with Crippen molar-refractivity contribution in [2.24, 2.45) is 5.73 Å². The number of hydrogen-bond donors (Lipinski definition) is 1. The summed E-state index contributed by atoms with van der Waals surface area (Å²) in [6.45, 7) is 0.418. The number of ether oxygens (including phenoxy) is 1. The lowest BCUT2D eigenvalue weighted by Gasteiger charge is -2.00. The second kappa shape index (κ2) is 3.02. The SMILES string of the molecule is COc1ccc2ncc(CN)n2n1. The fourth-order valence-electron chi connectivity index (χ4n) is 1.15. The van der Waals surface area contributed by atoms with E-state index >= 15 is 0 Å². The number of aromatic nitrogens is 3. The average molecular weight is 178 g/mol. The van der Waals surface area contributed by atoms with Crippen LogP contribution in [0.5, 0.6) is 5.88 Å². The van der Waals surface area contributed by atoms with Crippen molar-refractivity contribution >= 4 is 5.65 Å². The van der Waals surface area contributed by atoms with Crippen LogP contribution in [0.25, 0.3) is 5.65 Å². The first kappa shape index (κ1) is 8.00. The molecule has 0 atom stereocenters. The van der Waals surface area contributed by atoms with Gasteiger partial charge in [0.2, 0.25) is 5.88 Å². The van der Waals surface area contributed by atoms with Gasteiger partial charge < -0.3 is 10.5 Å². The summed E-state index contributed by atoms with van der Waals surface area (Å²) in [6.07, 6.45) is 1.71. The topological polar surface area (TPSA) is 65.4 Å². The van der Waals surface area contributed by atoms with Gasteiger partial charge in [0.1, 0.15) is 0 Å². The quantitative estimate of drug-likeness (QED) is 0.713. The zero-order chi connectivity index (χ0) is 9.26. The number of rotatable bonds is 2. The Labute approximate surface area is 75.1 Å². The molecule has 0 saturated carbocycles. The molecule has 2 heterocycles. The highest BCUT2D eigenvalue weighted by atomic mass is 16.5. The molecular formula is C8H10N4O. The highest BCUT2D eigenvalue weighted by molar-refractivity contribution is 5.39. The maximum Gasteiger partial charge on any atom is 0.231 e. The van der Waals surface area contributed by atoms with E-state index in [9.17, 15) is 0 Å². The van der Waals surface area contributed by atoms with Gasteiger partial charge in [-0.2, -0.15) is 0 Å². The molecule has 2 N–H and O–H groups in total. The Bertz CT molecular complexity index is 423. The summed E-state index contributed by atoms with van der Waals surface area (Å²) in [6, 6.07) is 3.60. The third-order valence-corrected chi connectivity index (χ3v) is 1.83. The van der Waals surface area contributed by atoms with E-state index in [4.69, 9.17) is 10.5 Å². The van der Waals surface area contributed by atoms with E-state index < -0.39 is 0 Å². The zero-order valence-corrected chi connectivity index (χ0v) is 7.27. The van der Waals surface area contributed by atoms with Gasteiger partial charge in [-0.15, -0.1) is 5.10 Å². The van der Waals surface area contributed by atoms with Crippen LogP contribution in [-0.4, -0.2) is 21.7 Å². The predicted octanol–water partition coefficient (Wildman–Crippen LogP) is 0.197. The average Bonchev–Trinajstić information content (AvgIpc) is 2.59. The van der Waals surface area contributed by atoms with E-state index in [2.05, 4.69) is 10.1 Å². The first-order valence-electron chi connectivity index (χ1n) is 3.93. The second-order valence-corrected chi connectivity index (χ2v) is 2.60. The molecule has 0 aliphatic rings. The van der Waals surface area contributed by atoms with Crippen LogP contribution >= 0.6 is 0 Å². The van der Waals surface area contributed by atoms with Crippen molar-refractivity contribution in [2.75, 3.05) is 7.11 Å². The van der Waals surface area contributed by atoms with Gasteiger partial charge in [0.25, 0.3) is 0 Å². The number of methoxy groups -OCH3 is 1. The first-order chi connectivity index (χ1) is 6.35. The minimum absolute atomic E-state index is 0.418. The molecule has 0 aliphatic carbocycles. The highest BCUT2D eigenvalue weighted by Gasteiger charge is 2.03. The van der Waals surface area contributed by atoms with Crippen molar-refractivity contribution in [2.45, 2.75) is 6.54 Å². The van der Waals surface area contributed by atoms with Crippen LogP contribution < -0.4 is 10.5 Å². The van der Waals surface area contributed by atoms with Crippen molar-refractivity contribution in [1.82, 2.24) is 14.6 Å². The van der Waals surface area contributed by atoms with Gasteiger partial charge in [-0.1, -0.05) is 0 Å². The predicted molar refractivity (Wildman–Crippen MR) is 47.4 cm³/mol.